The monoisotopic (exact) mass is 435 g/mol. The third-order valence-electron chi connectivity index (χ3n) is 6.97. The summed E-state index contributed by atoms with van der Waals surface area (Å²) in [7, 11) is 0. The van der Waals surface area contributed by atoms with Gasteiger partial charge in [-0.25, -0.2) is 4.39 Å². The summed E-state index contributed by atoms with van der Waals surface area (Å²) in [5.41, 5.74) is 1.62. The molecule has 0 radical (unpaired) electrons. The van der Waals surface area contributed by atoms with Gasteiger partial charge < -0.3 is 9.80 Å². The number of amides is 3. The number of para-hydroxylation sites is 1. The van der Waals surface area contributed by atoms with Crippen LogP contribution in [-0.4, -0.2) is 48.8 Å². The van der Waals surface area contributed by atoms with Gasteiger partial charge in [0.25, 0.3) is 5.91 Å². The lowest BCUT2D eigenvalue weighted by Crippen LogP contribution is -2.49. The fraction of sp³-hybridized carbons (Fsp3) is 0.400. The van der Waals surface area contributed by atoms with Gasteiger partial charge in [-0.05, 0) is 49.2 Å². The fourth-order valence-corrected chi connectivity index (χ4v) is 5.21. The molecule has 6 nitrogen and oxygen atoms in total. The van der Waals surface area contributed by atoms with E-state index < -0.39 is 0 Å². The summed E-state index contributed by atoms with van der Waals surface area (Å²) in [6, 6.07) is 13.4. The molecule has 2 saturated heterocycles. The van der Waals surface area contributed by atoms with E-state index in [9.17, 15) is 18.8 Å². The van der Waals surface area contributed by atoms with Crippen LogP contribution in [0.1, 0.15) is 36.0 Å². The fourth-order valence-electron chi connectivity index (χ4n) is 5.21. The summed E-state index contributed by atoms with van der Waals surface area (Å²) < 4.78 is 14.0. The molecule has 3 aliphatic rings. The van der Waals surface area contributed by atoms with Gasteiger partial charge in [0.15, 0.2) is 0 Å². The molecule has 2 aromatic carbocycles. The number of rotatable bonds is 3. The molecule has 0 bridgehead atoms. The second-order valence-electron chi connectivity index (χ2n) is 8.79. The molecule has 2 aliphatic heterocycles. The molecule has 2 atom stereocenters. The number of carbonyl (C=O) groups excluding carboxylic acids is 3. The molecule has 7 heteroatoms. The lowest BCUT2D eigenvalue weighted by Gasteiger charge is -2.36. The lowest BCUT2D eigenvalue weighted by molar-refractivity contribution is -0.122. The van der Waals surface area contributed by atoms with Gasteiger partial charge in [-0.15, -0.1) is 0 Å². The maximum Gasteiger partial charge on any atom is 0.253 e. The maximum absolute atomic E-state index is 14.0. The smallest absolute Gasteiger partial charge is 0.253 e. The second-order valence-corrected chi connectivity index (χ2v) is 8.79. The highest BCUT2D eigenvalue weighted by Crippen LogP contribution is 2.40. The van der Waals surface area contributed by atoms with Crippen molar-refractivity contribution in [3.8, 4) is 0 Å². The van der Waals surface area contributed by atoms with Crippen molar-refractivity contribution >= 4 is 29.1 Å². The third kappa shape index (κ3) is 3.55. The Labute approximate surface area is 186 Å². The summed E-state index contributed by atoms with van der Waals surface area (Å²) in [6.45, 7) is 2.12. The van der Waals surface area contributed by atoms with Crippen molar-refractivity contribution in [2.45, 2.75) is 25.7 Å². The first-order chi connectivity index (χ1) is 15.5. The first kappa shape index (κ1) is 20.7. The van der Waals surface area contributed by atoms with E-state index in [1.807, 2.05) is 11.0 Å². The Bertz CT molecular complexity index is 1020. The number of fused-ring (bicyclic) bond motifs is 1. The van der Waals surface area contributed by atoms with Crippen LogP contribution >= 0.6 is 0 Å². The normalized spacial score (nSPS) is 23.5. The van der Waals surface area contributed by atoms with E-state index in [2.05, 4.69) is 0 Å². The van der Waals surface area contributed by atoms with Crippen LogP contribution in [0.25, 0.3) is 0 Å². The van der Waals surface area contributed by atoms with Crippen LogP contribution in [0.4, 0.5) is 15.8 Å². The van der Waals surface area contributed by atoms with E-state index >= 15 is 0 Å². The minimum atomic E-state index is -0.256. The van der Waals surface area contributed by atoms with E-state index in [0.717, 1.165) is 25.7 Å². The van der Waals surface area contributed by atoms with Crippen LogP contribution in [0.15, 0.2) is 48.5 Å². The molecule has 2 heterocycles. The maximum atomic E-state index is 14.0. The minimum Gasteiger partial charge on any atom is -0.366 e. The largest absolute Gasteiger partial charge is 0.366 e. The molecule has 0 spiro atoms. The molecule has 2 aromatic rings. The third-order valence-corrected chi connectivity index (χ3v) is 6.97. The van der Waals surface area contributed by atoms with Crippen LogP contribution in [0.3, 0.4) is 0 Å². The van der Waals surface area contributed by atoms with E-state index in [-0.39, 0.29) is 35.4 Å². The molecule has 1 saturated carbocycles. The summed E-state index contributed by atoms with van der Waals surface area (Å²) in [4.78, 5) is 43.6. The average Bonchev–Trinajstić information content (AvgIpc) is 3.09. The number of halogens is 1. The molecule has 0 unspecified atom stereocenters. The standard InChI is InChI=1S/C25H26FN3O3/c26-21-7-3-4-8-22(21)27-13-15-28(16-14-27)23(30)17-9-11-18(12-10-17)29-24(31)19-5-1-2-6-20(19)25(29)32/h3-4,7-12,19-20H,1-2,5-6,13-16H2/t19-,20-/m1/s1. The topological polar surface area (TPSA) is 60.9 Å². The number of nitrogens with zero attached hydrogens (tertiary/aromatic N) is 3. The zero-order chi connectivity index (χ0) is 22.2. The van der Waals surface area contributed by atoms with Crippen molar-refractivity contribution in [1.29, 1.82) is 0 Å². The predicted octanol–water partition coefficient (Wildman–Crippen LogP) is 3.47. The van der Waals surface area contributed by atoms with Gasteiger partial charge in [0, 0.05) is 31.7 Å². The van der Waals surface area contributed by atoms with E-state index in [0.29, 0.717) is 43.1 Å². The highest BCUT2D eigenvalue weighted by molar-refractivity contribution is 6.22. The number of imide groups is 1. The highest BCUT2D eigenvalue weighted by Gasteiger charge is 2.48. The Hall–Kier alpha value is -3.22. The number of piperazine rings is 1. The van der Waals surface area contributed by atoms with Crippen molar-refractivity contribution in [2.75, 3.05) is 36.0 Å². The van der Waals surface area contributed by atoms with E-state index in [4.69, 9.17) is 0 Å². The summed E-state index contributed by atoms with van der Waals surface area (Å²) >= 11 is 0. The number of hydrogen-bond acceptors (Lipinski definition) is 4. The molecule has 0 aromatic heterocycles. The molecule has 5 rings (SSSR count). The molecular formula is C25H26FN3O3. The van der Waals surface area contributed by atoms with Crippen LogP contribution in [0, 0.1) is 17.7 Å². The molecule has 3 amide bonds. The van der Waals surface area contributed by atoms with Crippen LogP contribution in [0.2, 0.25) is 0 Å². The Morgan fingerprint density at radius 3 is 2.00 bits per heavy atom. The highest BCUT2D eigenvalue weighted by atomic mass is 19.1. The van der Waals surface area contributed by atoms with Crippen LogP contribution in [0.5, 0.6) is 0 Å². The Balaban J connectivity index is 1.25. The van der Waals surface area contributed by atoms with Gasteiger partial charge in [-0.2, -0.15) is 0 Å². The van der Waals surface area contributed by atoms with E-state index in [1.165, 1.54) is 11.0 Å². The van der Waals surface area contributed by atoms with E-state index in [1.54, 1.807) is 41.3 Å². The Kier molecular flexibility index (Phi) is 5.41. The molecule has 3 fully saturated rings. The van der Waals surface area contributed by atoms with Crippen molar-refractivity contribution in [3.63, 3.8) is 0 Å². The summed E-state index contributed by atoms with van der Waals surface area (Å²) in [5, 5.41) is 0. The average molecular weight is 435 g/mol. The lowest BCUT2D eigenvalue weighted by atomic mass is 9.81. The number of benzene rings is 2. The van der Waals surface area contributed by atoms with Crippen LogP contribution < -0.4 is 9.80 Å². The number of anilines is 2. The Morgan fingerprint density at radius 1 is 0.812 bits per heavy atom. The van der Waals surface area contributed by atoms with Gasteiger partial charge in [0.2, 0.25) is 11.8 Å². The van der Waals surface area contributed by atoms with Gasteiger partial charge in [-0.3, -0.25) is 19.3 Å². The summed E-state index contributed by atoms with van der Waals surface area (Å²) in [5.74, 6) is -0.955. The molecule has 1 aliphatic carbocycles. The van der Waals surface area contributed by atoms with Crippen molar-refractivity contribution in [3.05, 3.63) is 59.9 Å². The Morgan fingerprint density at radius 2 is 1.41 bits per heavy atom. The zero-order valence-electron chi connectivity index (χ0n) is 17.9. The van der Waals surface area contributed by atoms with Gasteiger partial charge in [0.1, 0.15) is 5.82 Å². The summed E-state index contributed by atoms with van der Waals surface area (Å²) in [6.07, 6.45) is 3.54. The van der Waals surface area contributed by atoms with Crippen molar-refractivity contribution in [2.24, 2.45) is 11.8 Å². The van der Waals surface area contributed by atoms with Crippen molar-refractivity contribution < 1.29 is 18.8 Å². The van der Waals surface area contributed by atoms with Gasteiger partial charge in [-0.1, -0.05) is 25.0 Å². The first-order valence-corrected chi connectivity index (χ1v) is 11.3. The molecule has 0 N–H and O–H groups in total. The quantitative estimate of drug-likeness (QED) is 0.693. The number of carbonyl (C=O) groups is 3. The van der Waals surface area contributed by atoms with Gasteiger partial charge in [0.05, 0.1) is 23.2 Å². The predicted molar refractivity (Wildman–Crippen MR) is 119 cm³/mol. The second kappa shape index (κ2) is 8.37. The molecular weight excluding hydrogens is 409 g/mol. The molecule has 166 valence electrons. The van der Waals surface area contributed by atoms with Crippen molar-refractivity contribution in [1.82, 2.24) is 4.90 Å². The first-order valence-electron chi connectivity index (χ1n) is 11.3. The van der Waals surface area contributed by atoms with Crippen LogP contribution in [-0.2, 0) is 9.59 Å². The minimum absolute atomic E-state index is 0.0996. The number of hydrogen-bond donors (Lipinski definition) is 0. The molecule has 32 heavy (non-hydrogen) atoms. The van der Waals surface area contributed by atoms with Gasteiger partial charge >= 0.3 is 0 Å². The zero-order valence-corrected chi connectivity index (χ0v) is 17.9. The SMILES string of the molecule is O=C(c1ccc(N2C(=O)[C@@H]3CCCC[C@H]3C2=O)cc1)N1CCN(c2ccccc2F)CC1.